The lowest BCUT2D eigenvalue weighted by atomic mass is 10.1. The molecular weight excluding hydrogens is 208 g/mol. The molecular formula is C8H9ClN2O3. The summed E-state index contributed by atoms with van der Waals surface area (Å²) in [5.41, 5.74) is 2.42. The van der Waals surface area contributed by atoms with Gasteiger partial charge in [0.25, 0.3) is 5.69 Å². The van der Waals surface area contributed by atoms with Crippen LogP contribution in [0.3, 0.4) is 0 Å². The highest BCUT2D eigenvalue weighted by atomic mass is 35.5. The number of nitrogens with one attached hydrogen (secondary N) is 1. The van der Waals surface area contributed by atoms with Crippen LogP contribution in [0.2, 0.25) is 5.02 Å². The highest BCUT2D eigenvalue weighted by molar-refractivity contribution is 6.31. The zero-order chi connectivity index (χ0) is 10.7. The molecule has 0 spiro atoms. The first-order chi connectivity index (χ1) is 6.56. The van der Waals surface area contributed by atoms with Crippen molar-refractivity contribution in [1.29, 1.82) is 0 Å². The van der Waals surface area contributed by atoms with Crippen LogP contribution in [0.15, 0.2) is 18.2 Å². The summed E-state index contributed by atoms with van der Waals surface area (Å²) in [7, 11) is 0. The summed E-state index contributed by atoms with van der Waals surface area (Å²) in [4.78, 5) is 9.94. The third kappa shape index (κ3) is 2.20. The molecule has 0 aliphatic heterocycles. The number of halogens is 1. The van der Waals surface area contributed by atoms with Crippen molar-refractivity contribution < 1.29 is 10.1 Å². The van der Waals surface area contributed by atoms with Crippen LogP contribution in [0, 0.1) is 10.1 Å². The van der Waals surface area contributed by atoms with Crippen molar-refractivity contribution in [1.82, 2.24) is 5.48 Å². The van der Waals surface area contributed by atoms with Crippen molar-refractivity contribution in [3.63, 3.8) is 0 Å². The molecule has 1 aromatic rings. The molecule has 1 aromatic carbocycles. The van der Waals surface area contributed by atoms with Crippen molar-refractivity contribution in [2.24, 2.45) is 0 Å². The fraction of sp³-hybridized carbons (Fsp3) is 0.250. The standard InChI is InChI=1S/C8H9ClN2O3/c1-5(10-12)7-4-6(11(13)14)2-3-8(7)9/h2-5,10,12H,1H3/t5-/m0/s1. The van der Waals surface area contributed by atoms with Crippen molar-refractivity contribution in [2.75, 3.05) is 0 Å². The Hall–Kier alpha value is -1.17. The van der Waals surface area contributed by atoms with E-state index in [9.17, 15) is 10.1 Å². The Morgan fingerprint density at radius 1 is 1.64 bits per heavy atom. The van der Waals surface area contributed by atoms with E-state index in [1.165, 1.54) is 18.2 Å². The monoisotopic (exact) mass is 216 g/mol. The Balaban J connectivity index is 3.14. The van der Waals surface area contributed by atoms with Crippen LogP contribution in [-0.4, -0.2) is 10.1 Å². The molecule has 76 valence electrons. The predicted octanol–water partition coefficient (Wildman–Crippen LogP) is 2.29. The largest absolute Gasteiger partial charge is 0.316 e. The molecule has 0 aliphatic rings. The fourth-order valence-corrected chi connectivity index (χ4v) is 1.33. The van der Waals surface area contributed by atoms with E-state index < -0.39 is 11.0 Å². The van der Waals surface area contributed by atoms with E-state index in [1.807, 2.05) is 5.48 Å². The van der Waals surface area contributed by atoms with E-state index in [0.29, 0.717) is 10.6 Å². The number of non-ortho nitro benzene ring substituents is 1. The Labute approximate surface area is 85.4 Å². The van der Waals surface area contributed by atoms with Gasteiger partial charge in [-0.15, -0.1) is 0 Å². The van der Waals surface area contributed by atoms with Crippen molar-refractivity contribution in [3.8, 4) is 0 Å². The minimum absolute atomic E-state index is 0.0495. The molecule has 0 aliphatic carbocycles. The SMILES string of the molecule is C[C@H](NO)c1cc([N+](=O)[O-])ccc1Cl. The molecule has 1 atom stereocenters. The van der Waals surface area contributed by atoms with Gasteiger partial charge in [-0.05, 0) is 18.6 Å². The van der Waals surface area contributed by atoms with E-state index >= 15 is 0 Å². The van der Waals surface area contributed by atoms with Gasteiger partial charge in [0, 0.05) is 17.2 Å². The summed E-state index contributed by atoms with van der Waals surface area (Å²) >= 11 is 5.80. The second-order valence-electron chi connectivity index (χ2n) is 2.81. The van der Waals surface area contributed by atoms with Gasteiger partial charge in [0.15, 0.2) is 0 Å². The summed E-state index contributed by atoms with van der Waals surface area (Å²) in [5, 5.41) is 19.5. The molecule has 0 radical (unpaired) electrons. The predicted molar refractivity (Wildman–Crippen MR) is 51.4 cm³/mol. The highest BCUT2D eigenvalue weighted by Gasteiger charge is 2.13. The minimum Gasteiger partial charge on any atom is -0.316 e. The number of rotatable bonds is 3. The van der Waals surface area contributed by atoms with Crippen LogP contribution in [-0.2, 0) is 0 Å². The van der Waals surface area contributed by atoms with Crippen LogP contribution in [0.5, 0.6) is 0 Å². The highest BCUT2D eigenvalue weighted by Crippen LogP contribution is 2.26. The third-order valence-electron chi connectivity index (χ3n) is 1.85. The Morgan fingerprint density at radius 2 is 2.29 bits per heavy atom. The Morgan fingerprint density at radius 3 is 2.79 bits per heavy atom. The van der Waals surface area contributed by atoms with Gasteiger partial charge >= 0.3 is 0 Å². The number of hydrogen-bond acceptors (Lipinski definition) is 4. The molecule has 0 amide bonds. The van der Waals surface area contributed by atoms with Crippen LogP contribution in [0.4, 0.5) is 5.69 Å². The average molecular weight is 217 g/mol. The molecule has 6 heteroatoms. The smallest absolute Gasteiger partial charge is 0.269 e. The number of nitrogens with zero attached hydrogens (tertiary/aromatic N) is 1. The van der Waals surface area contributed by atoms with Gasteiger partial charge in [0.1, 0.15) is 0 Å². The summed E-state index contributed by atoms with van der Waals surface area (Å²) < 4.78 is 0. The van der Waals surface area contributed by atoms with Gasteiger partial charge in [0.05, 0.1) is 11.0 Å². The Bertz CT molecular complexity index is 356. The molecule has 2 N–H and O–H groups in total. The lowest BCUT2D eigenvalue weighted by Crippen LogP contribution is -2.13. The fourth-order valence-electron chi connectivity index (χ4n) is 1.05. The molecule has 14 heavy (non-hydrogen) atoms. The summed E-state index contributed by atoms with van der Waals surface area (Å²) in [5.74, 6) is 0. The quantitative estimate of drug-likeness (QED) is 0.601. The second-order valence-corrected chi connectivity index (χ2v) is 3.22. The number of benzene rings is 1. The summed E-state index contributed by atoms with van der Waals surface area (Å²) in [6, 6.07) is 3.64. The van der Waals surface area contributed by atoms with E-state index in [0.717, 1.165) is 0 Å². The summed E-state index contributed by atoms with van der Waals surface area (Å²) in [6.45, 7) is 1.64. The van der Waals surface area contributed by atoms with Gasteiger partial charge in [-0.25, -0.2) is 0 Å². The second kappa shape index (κ2) is 4.36. The molecule has 5 nitrogen and oxygen atoms in total. The normalized spacial score (nSPS) is 12.5. The lowest BCUT2D eigenvalue weighted by Gasteiger charge is -2.10. The molecule has 1 rings (SSSR count). The van der Waals surface area contributed by atoms with Gasteiger partial charge < -0.3 is 5.21 Å². The van der Waals surface area contributed by atoms with Gasteiger partial charge in [-0.1, -0.05) is 11.6 Å². The molecule has 0 saturated carbocycles. The van der Waals surface area contributed by atoms with E-state index in [2.05, 4.69) is 0 Å². The molecule has 0 unspecified atom stereocenters. The van der Waals surface area contributed by atoms with Gasteiger partial charge in [-0.2, -0.15) is 5.48 Å². The summed E-state index contributed by atoms with van der Waals surface area (Å²) in [6.07, 6.45) is 0. The van der Waals surface area contributed by atoms with Crippen molar-refractivity contribution in [3.05, 3.63) is 38.9 Å². The zero-order valence-electron chi connectivity index (χ0n) is 7.40. The van der Waals surface area contributed by atoms with Crippen molar-refractivity contribution in [2.45, 2.75) is 13.0 Å². The number of hydrogen-bond donors (Lipinski definition) is 2. The first kappa shape index (κ1) is 10.9. The maximum atomic E-state index is 10.5. The van der Waals surface area contributed by atoms with E-state index in [-0.39, 0.29) is 5.69 Å². The van der Waals surface area contributed by atoms with Gasteiger partial charge in [0.2, 0.25) is 0 Å². The van der Waals surface area contributed by atoms with Crippen LogP contribution < -0.4 is 5.48 Å². The third-order valence-corrected chi connectivity index (χ3v) is 2.19. The lowest BCUT2D eigenvalue weighted by molar-refractivity contribution is -0.384. The number of hydroxylamine groups is 1. The molecule has 0 fully saturated rings. The molecule has 0 aromatic heterocycles. The maximum Gasteiger partial charge on any atom is 0.269 e. The molecule has 0 heterocycles. The average Bonchev–Trinajstić information content (AvgIpc) is 2.17. The number of nitro benzene ring substituents is 1. The maximum absolute atomic E-state index is 10.5. The van der Waals surface area contributed by atoms with Crippen molar-refractivity contribution >= 4 is 17.3 Å². The molecule has 0 bridgehead atoms. The van der Waals surface area contributed by atoms with Crippen LogP contribution in [0.25, 0.3) is 0 Å². The van der Waals surface area contributed by atoms with E-state index in [1.54, 1.807) is 6.92 Å². The van der Waals surface area contributed by atoms with E-state index in [4.69, 9.17) is 16.8 Å². The first-order valence-electron chi connectivity index (χ1n) is 3.89. The molecule has 0 saturated heterocycles. The van der Waals surface area contributed by atoms with Crippen LogP contribution in [0.1, 0.15) is 18.5 Å². The topological polar surface area (TPSA) is 75.4 Å². The number of nitro groups is 1. The Kier molecular flexibility index (Phi) is 3.40. The van der Waals surface area contributed by atoms with Crippen LogP contribution >= 0.6 is 11.6 Å². The zero-order valence-corrected chi connectivity index (χ0v) is 8.15. The van der Waals surface area contributed by atoms with Gasteiger partial charge in [-0.3, -0.25) is 10.1 Å². The first-order valence-corrected chi connectivity index (χ1v) is 4.27. The minimum atomic E-state index is -0.510.